The maximum Gasteiger partial charge on any atom is 0.274 e. The molecule has 5 heteroatoms. The van der Waals surface area contributed by atoms with E-state index in [1.807, 2.05) is 0 Å². The SMILES string of the molecule is N=CC(C=N)=C1C(=O)C(=O)C1=O. The lowest BCUT2D eigenvalue weighted by Crippen LogP contribution is -2.42. The molecule has 0 atom stereocenters. The predicted octanol–water partition coefficient (Wildman–Crippen LogP) is -0.697. The number of nitrogens with one attached hydrogen (secondary N) is 2. The van der Waals surface area contributed by atoms with E-state index in [0.29, 0.717) is 12.4 Å². The third kappa shape index (κ3) is 0.833. The standard InChI is InChI=1S/C7H4N2O3/c8-1-3(2-9)4-5(10)7(12)6(4)11/h1-2,8-9H. The first kappa shape index (κ1) is 8.19. The Morgan fingerprint density at radius 2 is 1.33 bits per heavy atom. The van der Waals surface area contributed by atoms with Gasteiger partial charge in [0.25, 0.3) is 5.78 Å². The van der Waals surface area contributed by atoms with Crippen LogP contribution in [-0.4, -0.2) is 29.8 Å². The van der Waals surface area contributed by atoms with Crippen molar-refractivity contribution in [2.24, 2.45) is 0 Å². The quantitative estimate of drug-likeness (QED) is 0.244. The average molecular weight is 164 g/mol. The normalized spacial score (nSPS) is 15.7. The molecule has 0 aromatic rings. The fraction of sp³-hybridized carbons (Fsp3) is 0. The van der Waals surface area contributed by atoms with Crippen molar-refractivity contribution in [2.75, 3.05) is 0 Å². The number of allylic oxidation sites excluding steroid dienone is 2. The highest BCUT2D eigenvalue weighted by atomic mass is 16.2. The maximum atomic E-state index is 10.7. The summed E-state index contributed by atoms with van der Waals surface area (Å²) in [5.74, 6) is -2.87. The molecule has 0 heterocycles. The van der Waals surface area contributed by atoms with Crippen molar-refractivity contribution >= 4 is 29.8 Å². The zero-order valence-corrected chi connectivity index (χ0v) is 5.88. The van der Waals surface area contributed by atoms with E-state index in [1.165, 1.54) is 0 Å². The first-order valence-corrected chi connectivity index (χ1v) is 3.02. The van der Waals surface area contributed by atoms with Gasteiger partial charge in [-0.3, -0.25) is 14.4 Å². The Labute approximate surface area is 67.1 Å². The van der Waals surface area contributed by atoms with Crippen LogP contribution in [-0.2, 0) is 14.4 Å². The third-order valence-electron chi connectivity index (χ3n) is 1.47. The Morgan fingerprint density at radius 1 is 0.917 bits per heavy atom. The summed E-state index contributed by atoms with van der Waals surface area (Å²) in [5, 5.41) is 13.4. The maximum absolute atomic E-state index is 10.7. The molecule has 0 amide bonds. The average Bonchev–Trinajstić information content (AvgIpc) is 2.12. The molecular formula is C7H4N2O3. The summed E-state index contributed by atoms with van der Waals surface area (Å²) < 4.78 is 0. The van der Waals surface area contributed by atoms with Crippen molar-refractivity contribution in [2.45, 2.75) is 0 Å². The van der Waals surface area contributed by atoms with Gasteiger partial charge in [0.05, 0.1) is 5.57 Å². The molecule has 0 unspecified atom stereocenters. The molecule has 1 saturated carbocycles. The number of carbonyl (C=O) groups excluding carboxylic acids is 3. The van der Waals surface area contributed by atoms with Gasteiger partial charge in [-0.25, -0.2) is 0 Å². The number of rotatable bonds is 2. The van der Waals surface area contributed by atoms with Crippen LogP contribution in [0.4, 0.5) is 0 Å². The molecule has 5 nitrogen and oxygen atoms in total. The predicted molar refractivity (Wildman–Crippen MR) is 39.6 cm³/mol. The highest BCUT2D eigenvalue weighted by Crippen LogP contribution is 2.15. The molecule has 0 aliphatic heterocycles. The van der Waals surface area contributed by atoms with Crippen molar-refractivity contribution in [1.82, 2.24) is 0 Å². The monoisotopic (exact) mass is 164 g/mol. The lowest BCUT2D eigenvalue weighted by atomic mass is 9.84. The largest absolute Gasteiger partial charge is 0.308 e. The highest BCUT2D eigenvalue weighted by Gasteiger charge is 2.44. The minimum Gasteiger partial charge on any atom is -0.308 e. The van der Waals surface area contributed by atoms with Gasteiger partial charge < -0.3 is 10.8 Å². The topological polar surface area (TPSA) is 98.9 Å². The lowest BCUT2D eigenvalue weighted by Gasteiger charge is -2.12. The van der Waals surface area contributed by atoms with E-state index >= 15 is 0 Å². The van der Waals surface area contributed by atoms with Crippen molar-refractivity contribution in [1.29, 1.82) is 10.8 Å². The van der Waals surface area contributed by atoms with Crippen molar-refractivity contribution < 1.29 is 14.4 Å². The zero-order chi connectivity index (χ0) is 9.30. The van der Waals surface area contributed by atoms with Gasteiger partial charge in [-0.1, -0.05) is 0 Å². The van der Waals surface area contributed by atoms with E-state index in [2.05, 4.69) is 0 Å². The van der Waals surface area contributed by atoms with E-state index in [0.717, 1.165) is 0 Å². The van der Waals surface area contributed by atoms with Gasteiger partial charge in [-0.05, 0) is 0 Å². The Hall–Kier alpha value is -1.91. The molecular weight excluding hydrogens is 160 g/mol. The number of Topliss-reactive ketones (excluding diaryl/α,β-unsaturated/α-hetero) is 3. The van der Waals surface area contributed by atoms with Crippen LogP contribution in [0.15, 0.2) is 11.1 Å². The van der Waals surface area contributed by atoms with E-state index < -0.39 is 17.3 Å². The fourth-order valence-electron chi connectivity index (χ4n) is 0.819. The molecule has 1 rings (SSSR count). The van der Waals surface area contributed by atoms with Gasteiger partial charge in [0.2, 0.25) is 11.6 Å². The molecule has 0 aromatic carbocycles. The summed E-state index contributed by atoms with van der Waals surface area (Å²) >= 11 is 0. The fourth-order valence-corrected chi connectivity index (χ4v) is 0.819. The van der Waals surface area contributed by atoms with E-state index in [4.69, 9.17) is 10.8 Å². The van der Waals surface area contributed by atoms with Crippen LogP contribution in [0.1, 0.15) is 0 Å². The first-order valence-electron chi connectivity index (χ1n) is 3.02. The van der Waals surface area contributed by atoms with Crippen molar-refractivity contribution in [3.05, 3.63) is 11.1 Å². The van der Waals surface area contributed by atoms with Gasteiger partial charge in [0.1, 0.15) is 0 Å². The second-order valence-corrected chi connectivity index (χ2v) is 2.11. The van der Waals surface area contributed by atoms with Crippen molar-refractivity contribution in [3.8, 4) is 0 Å². The molecule has 0 bridgehead atoms. The van der Waals surface area contributed by atoms with Gasteiger partial charge in [0, 0.05) is 18.0 Å². The van der Waals surface area contributed by atoms with Crippen LogP contribution in [0.5, 0.6) is 0 Å². The van der Waals surface area contributed by atoms with E-state index in [9.17, 15) is 14.4 Å². The zero-order valence-electron chi connectivity index (χ0n) is 5.88. The summed E-state index contributed by atoms with van der Waals surface area (Å²) in [7, 11) is 0. The number of carbonyl (C=O) groups is 3. The summed E-state index contributed by atoms with van der Waals surface area (Å²) in [5.41, 5.74) is -0.463. The van der Waals surface area contributed by atoms with Gasteiger partial charge in [0.15, 0.2) is 0 Å². The number of ketones is 3. The molecule has 12 heavy (non-hydrogen) atoms. The second-order valence-electron chi connectivity index (χ2n) is 2.11. The minimum absolute atomic E-state index is 0.121. The van der Waals surface area contributed by atoms with Crippen LogP contribution < -0.4 is 0 Å². The summed E-state index contributed by atoms with van der Waals surface area (Å²) in [6, 6.07) is 0. The van der Waals surface area contributed by atoms with Crippen LogP contribution >= 0.6 is 0 Å². The molecule has 60 valence electrons. The Bertz CT molecular complexity index is 322. The number of hydrogen-bond acceptors (Lipinski definition) is 5. The van der Waals surface area contributed by atoms with Crippen molar-refractivity contribution in [3.63, 3.8) is 0 Å². The molecule has 0 radical (unpaired) electrons. The van der Waals surface area contributed by atoms with Gasteiger partial charge >= 0.3 is 0 Å². The van der Waals surface area contributed by atoms with Crippen LogP contribution in [0.2, 0.25) is 0 Å². The molecule has 1 aliphatic carbocycles. The van der Waals surface area contributed by atoms with Gasteiger partial charge in [-0.15, -0.1) is 0 Å². The first-order chi connectivity index (χ1) is 5.63. The molecule has 1 aliphatic rings. The smallest absolute Gasteiger partial charge is 0.274 e. The Balaban J connectivity index is 3.21. The van der Waals surface area contributed by atoms with Crippen LogP contribution in [0, 0.1) is 10.8 Å². The number of hydrogen-bond donors (Lipinski definition) is 2. The summed E-state index contributed by atoms with van der Waals surface area (Å²) in [4.78, 5) is 31.8. The second kappa shape index (κ2) is 2.61. The molecule has 0 saturated heterocycles. The van der Waals surface area contributed by atoms with E-state index in [-0.39, 0.29) is 11.1 Å². The summed E-state index contributed by atoms with van der Waals surface area (Å²) in [6.45, 7) is 0. The van der Waals surface area contributed by atoms with Crippen LogP contribution in [0.3, 0.4) is 0 Å². The summed E-state index contributed by atoms with van der Waals surface area (Å²) in [6.07, 6.45) is 1.40. The van der Waals surface area contributed by atoms with E-state index in [1.54, 1.807) is 0 Å². The Morgan fingerprint density at radius 3 is 1.67 bits per heavy atom. The Kier molecular flexibility index (Phi) is 1.78. The highest BCUT2D eigenvalue weighted by molar-refractivity contribution is 6.85. The molecule has 0 aromatic heterocycles. The molecule has 2 N–H and O–H groups in total. The molecule has 1 fully saturated rings. The lowest BCUT2D eigenvalue weighted by molar-refractivity contribution is -0.146. The van der Waals surface area contributed by atoms with Gasteiger partial charge in [-0.2, -0.15) is 0 Å². The molecule has 0 spiro atoms. The minimum atomic E-state index is -1.06. The third-order valence-corrected chi connectivity index (χ3v) is 1.47. The van der Waals surface area contributed by atoms with Crippen LogP contribution in [0.25, 0.3) is 0 Å².